The number of aromatic nitrogens is 2. The van der Waals surface area contributed by atoms with E-state index in [1.54, 1.807) is 26.0 Å². The number of nitrogens with zero attached hydrogens (tertiary/aromatic N) is 3. The molecule has 0 spiro atoms. The van der Waals surface area contributed by atoms with Gasteiger partial charge < -0.3 is 19.1 Å². The van der Waals surface area contributed by atoms with E-state index in [9.17, 15) is 0 Å². The Morgan fingerprint density at radius 3 is 2.61 bits per heavy atom. The molecular weight excluding hydrogens is 434 g/mol. The molecule has 0 atom stereocenters. The molecule has 0 N–H and O–H groups in total. The number of hydrogen-bond donors (Lipinski definition) is 0. The molecule has 1 aliphatic heterocycles. The van der Waals surface area contributed by atoms with E-state index in [2.05, 4.69) is 46.9 Å². The Morgan fingerprint density at radius 2 is 1.94 bits per heavy atom. The van der Waals surface area contributed by atoms with Gasteiger partial charge in [0.15, 0.2) is 0 Å². The van der Waals surface area contributed by atoms with E-state index < -0.39 is 0 Å². The summed E-state index contributed by atoms with van der Waals surface area (Å²) >= 11 is 1.73. The molecule has 0 bridgehead atoms. The van der Waals surface area contributed by atoms with Crippen molar-refractivity contribution in [3.63, 3.8) is 0 Å². The highest BCUT2D eigenvalue weighted by atomic mass is 32.2. The molecule has 3 aromatic rings. The van der Waals surface area contributed by atoms with Crippen LogP contribution in [0.4, 0.5) is 5.82 Å². The van der Waals surface area contributed by atoms with Crippen LogP contribution in [0.5, 0.6) is 11.5 Å². The summed E-state index contributed by atoms with van der Waals surface area (Å²) in [5.74, 6) is 3.61. The van der Waals surface area contributed by atoms with Gasteiger partial charge in [0.25, 0.3) is 0 Å². The Kier molecular flexibility index (Phi) is 6.43. The van der Waals surface area contributed by atoms with Crippen LogP contribution in [-0.4, -0.2) is 55.7 Å². The largest absolute Gasteiger partial charge is 0.497 e. The second kappa shape index (κ2) is 9.47. The van der Waals surface area contributed by atoms with Crippen molar-refractivity contribution in [1.29, 1.82) is 0 Å². The van der Waals surface area contributed by atoms with Crippen molar-refractivity contribution in [3.8, 4) is 22.6 Å². The van der Waals surface area contributed by atoms with Gasteiger partial charge in [-0.25, -0.2) is 4.98 Å². The number of thioether (sulfide) groups is 1. The maximum Gasteiger partial charge on any atom is 0.147 e. The second-order valence-electron chi connectivity index (χ2n) is 9.02. The molecule has 176 valence electrons. The fourth-order valence-electron chi connectivity index (χ4n) is 4.96. The van der Waals surface area contributed by atoms with Crippen LogP contribution in [0.25, 0.3) is 16.8 Å². The number of imidazole rings is 1. The molecule has 5 rings (SSSR count). The summed E-state index contributed by atoms with van der Waals surface area (Å²) in [6, 6.07) is 8.77. The number of pyridine rings is 1. The SMILES string of the molecule is COc1cc(C)c(-c2cccn3c(N(CC4CC4)C4CCOCC4)c(SC)nc23)c(OC)c1. The minimum absolute atomic E-state index is 0.492. The average Bonchev–Trinajstić information content (AvgIpc) is 3.60. The van der Waals surface area contributed by atoms with E-state index >= 15 is 0 Å². The highest BCUT2D eigenvalue weighted by molar-refractivity contribution is 7.98. The Morgan fingerprint density at radius 1 is 1.15 bits per heavy atom. The monoisotopic (exact) mass is 467 g/mol. The number of hydrogen-bond acceptors (Lipinski definition) is 6. The zero-order valence-corrected chi connectivity index (χ0v) is 20.8. The predicted octanol–water partition coefficient (Wildman–Crippen LogP) is 5.44. The fraction of sp³-hybridized carbons (Fsp3) is 0.500. The molecule has 0 amide bonds. The molecule has 2 fully saturated rings. The quantitative estimate of drug-likeness (QED) is 0.411. The zero-order valence-electron chi connectivity index (χ0n) is 20.0. The molecule has 7 heteroatoms. The van der Waals surface area contributed by atoms with E-state index in [-0.39, 0.29) is 0 Å². The summed E-state index contributed by atoms with van der Waals surface area (Å²) in [4.78, 5) is 7.81. The first-order chi connectivity index (χ1) is 16.1. The summed E-state index contributed by atoms with van der Waals surface area (Å²) < 4.78 is 19.3. The van der Waals surface area contributed by atoms with Crippen molar-refractivity contribution < 1.29 is 14.2 Å². The maximum atomic E-state index is 5.79. The smallest absolute Gasteiger partial charge is 0.147 e. The van der Waals surface area contributed by atoms with Gasteiger partial charge >= 0.3 is 0 Å². The lowest BCUT2D eigenvalue weighted by Gasteiger charge is -2.36. The number of rotatable bonds is 8. The lowest BCUT2D eigenvalue weighted by atomic mass is 10.00. The molecule has 2 aromatic heterocycles. The van der Waals surface area contributed by atoms with E-state index in [1.807, 2.05) is 6.07 Å². The molecule has 3 heterocycles. The molecule has 1 aromatic carbocycles. The first-order valence-corrected chi connectivity index (χ1v) is 13.0. The van der Waals surface area contributed by atoms with E-state index in [0.717, 1.165) is 77.4 Å². The first kappa shape index (κ1) is 22.4. The number of benzene rings is 1. The van der Waals surface area contributed by atoms with Gasteiger partial charge in [0.05, 0.1) is 14.2 Å². The van der Waals surface area contributed by atoms with Crippen LogP contribution >= 0.6 is 11.8 Å². The predicted molar refractivity (Wildman–Crippen MR) is 134 cm³/mol. The van der Waals surface area contributed by atoms with E-state index in [4.69, 9.17) is 19.2 Å². The van der Waals surface area contributed by atoms with Gasteiger partial charge in [-0.2, -0.15) is 0 Å². The summed E-state index contributed by atoms with van der Waals surface area (Å²) in [6.07, 6.45) is 9.09. The standard InChI is InChI=1S/C26H33N3O3S/c1-17-14-20(30-2)15-22(31-3)23(17)21-6-5-11-28-24(21)27-25(33-4)26(28)29(16-18-7-8-18)19-9-12-32-13-10-19/h5-6,11,14-15,18-19H,7-10,12-13,16H2,1-4H3. The number of aryl methyl sites for hydroxylation is 1. The van der Waals surface area contributed by atoms with Gasteiger partial charge in [0, 0.05) is 49.2 Å². The summed E-state index contributed by atoms with van der Waals surface area (Å²) in [7, 11) is 3.40. The normalized spacial score (nSPS) is 16.8. The van der Waals surface area contributed by atoms with Crippen molar-refractivity contribution in [2.45, 2.75) is 43.7 Å². The molecule has 0 unspecified atom stereocenters. The van der Waals surface area contributed by atoms with Crippen molar-refractivity contribution in [3.05, 3.63) is 36.0 Å². The molecule has 1 saturated heterocycles. The third-order valence-electron chi connectivity index (χ3n) is 6.84. The highest BCUT2D eigenvalue weighted by Gasteiger charge is 2.33. The van der Waals surface area contributed by atoms with Crippen LogP contribution < -0.4 is 14.4 Å². The second-order valence-corrected chi connectivity index (χ2v) is 9.82. The fourth-order valence-corrected chi connectivity index (χ4v) is 5.53. The lowest BCUT2D eigenvalue weighted by Crippen LogP contribution is -2.41. The van der Waals surface area contributed by atoms with E-state index in [0.29, 0.717) is 6.04 Å². The molecule has 1 saturated carbocycles. The number of anilines is 1. The maximum absolute atomic E-state index is 5.79. The van der Waals surface area contributed by atoms with Gasteiger partial charge in [0.1, 0.15) is 28.0 Å². The third-order valence-corrected chi connectivity index (χ3v) is 7.50. The van der Waals surface area contributed by atoms with Gasteiger partial charge in [-0.3, -0.25) is 4.40 Å². The molecular formula is C26H33N3O3S. The van der Waals surface area contributed by atoms with Crippen LogP contribution in [-0.2, 0) is 4.74 Å². The van der Waals surface area contributed by atoms with E-state index in [1.165, 1.54) is 18.7 Å². The molecule has 33 heavy (non-hydrogen) atoms. The summed E-state index contributed by atoms with van der Waals surface area (Å²) in [5, 5.41) is 1.08. The average molecular weight is 468 g/mol. The molecule has 2 aliphatic rings. The highest BCUT2D eigenvalue weighted by Crippen LogP contribution is 2.42. The van der Waals surface area contributed by atoms with Gasteiger partial charge in [0.2, 0.25) is 0 Å². The Balaban J connectivity index is 1.68. The van der Waals surface area contributed by atoms with Crippen LogP contribution in [0.3, 0.4) is 0 Å². The number of methoxy groups -OCH3 is 2. The van der Waals surface area contributed by atoms with Gasteiger partial charge in [-0.15, -0.1) is 11.8 Å². The Bertz CT molecular complexity index is 1140. The minimum Gasteiger partial charge on any atom is -0.497 e. The third kappa shape index (κ3) is 4.28. The summed E-state index contributed by atoms with van der Waals surface area (Å²) in [6.45, 7) is 4.88. The number of fused-ring (bicyclic) bond motifs is 1. The summed E-state index contributed by atoms with van der Waals surface area (Å²) in [5.41, 5.74) is 4.22. The van der Waals surface area contributed by atoms with Crippen molar-refractivity contribution in [2.75, 3.05) is 45.1 Å². The Hall–Kier alpha value is -2.38. The first-order valence-electron chi connectivity index (χ1n) is 11.8. The van der Waals surface area contributed by atoms with Crippen molar-refractivity contribution in [1.82, 2.24) is 9.38 Å². The minimum atomic E-state index is 0.492. The van der Waals surface area contributed by atoms with Crippen molar-refractivity contribution >= 4 is 23.2 Å². The van der Waals surface area contributed by atoms with Crippen LogP contribution in [0.2, 0.25) is 0 Å². The number of ether oxygens (including phenoxy) is 3. The molecule has 1 aliphatic carbocycles. The zero-order chi connectivity index (χ0) is 22.9. The van der Waals surface area contributed by atoms with Crippen LogP contribution in [0, 0.1) is 12.8 Å². The van der Waals surface area contributed by atoms with Crippen LogP contribution in [0.1, 0.15) is 31.2 Å². The molecule has 0 radical (unpaired) electrons. The molecule has 6 nitrogen and oxygen atoms in total. The van der Waals surface area contributed by atoms with Gasteiger partial charge in [-0.1, -0.05) is 0 Å². The topological polar surface area (TPSA) is 48.2 Å². The lowest BCUT2D eigenvalue weighted by molar-refractivity contribution is 0.0839. The van der Waals surface area contributed by atoms with Gasteiger partial charge in [-0.05, 0) is 68.5 Å². The Labute approximate surface area is 200 Å². The van der Waals surface area contributed by atoms with Crippen LogP contribution in [0.15, 0.2) is 35.5 Å². The van der Waals surface area contributed by atoms with Crippen molar-refractivity contribution in [2.24, 2.45) is 5.92 Å².